The third-order valence-electron chi connectivity index (χ3n) is 5.42. The van der Waals surface area contributed by atoms with E-state index in [9.17, 15) is 9.18 Å². The minimum Gasteiger partial charge on any atom is -0.356 e. The minimum atomic E-state index is -0.252. The molecule has 0 saturated heterocycles. The molecule has 0 fully saturated rings. The molecule has 0 bridgehead atoms. The average molecular weight is 465 g/mol. The van der Waals surface area contributed by atoms with Crippen molar-refractivity contribution in [1.82, 2.24) is 10.3 Å². The zero-order valence-corrected chi connectivity index (χ0v) is 18.4. The Labute approximate surface area is 183 Å². The van der Waals surface area contributed by atoms with Crippen molar-refractivity contribution in [3.63, 3.8) is 0 Å². The zero-order chi connectivity index (χ0) is 21.3. The van der Waals surface area contributed by atoms with Gasteiger partial charge in [0.05, 0.1) is 5.52 Å². The number of aromatic amines is 1. The van der Waals surface area contributed by atoms with Crippen LogP contribution in [0.2, 0.25) is 0 Å². The van der Waals surface area contributed by atoms with Crippen LogP contribution in [-0.4, -0.2) is 17.4 Å². The molecule has 4 aromatic rings. The van der Waals surface area contributed by atoms with Crippen molar-refractivity contribution in [2.24, 2.45) is 0 Å². The van der Waals surface area contributed by atoms with Crippen LogP contribution in [0.1, 0.15) is 27.2 Å². The highest BCUT2D eigenvalue weighted by Gasteiger charge is 2.15. The molecule has 0 aliphatic rings. The lowest BCUT2D eigenvalue weighted by atomic mass is 9.99. The van der Waals surface area contributed by atoms with E-state index in [0.717, 1.165) is 37.8 Å². The minimum absolute atomic E-state index is 0.117. The Balaban J connectivity index is 1.53. The number of carbonyl (C=O) groups is 1. The van der Waals surface area contributed by atoms with Gasteiger partial charge in [-0.2, -0.15) is 0 Å². The molecule has 30 heavy (non-hydrogen) atoms. The van der Waals surface area contributed by atoms with Gasteiger partial charge >= 0.3 is 0 Å². The van der Waals surface area contributed by atoms with Gasteiger partial charge in [-0.3, -0.25) is 4.79 Å². The van der Waals surface area contributed by atoms with Crippen molar-refractivity contribution in [2.75, 3.05) is 6.54 Å². The molecule has 0 unspecified atom stereocenters. The number of hydrogen-bond donors (Lipinski definition) is 2. The van der Waals surface area contributed by atoms with Gasteiger partial charge in [-0.15, -0.1) is 0 Å². The summed E-state index contributed by atoms with van der Waals surface area (Å²) in [5.74, 6) is -0.369. The summed E-state index contributed by atoms with van der Waals surface area (Å²) < 4.78 is 15.2. The van der Waals surface area contributed by atoms with Crippen molar-refractivity contribution >= 4 is 32.7 Å². The first-order valence-electron chi connectivity index (χ1n) is 9.85. The molecule has 0 aliphatic carbocycles. The number of aromatic nitrogens is 1. The predicted octanol–water partition coefficient (Wildman–Crippen LogP) is 6.33. The van der Waals surface area contributed by atoms with E-state index in [4.69, 9.17) is 0 Å². The smallest absolute Gasteiger partial charge is 0.251 e. The van der Waals surface area contributed by atoms with E-state index in [1.165, 1.54) is 6.07 Å². The number of nitrogens with one attached hydrogen (secondary N) is 2. The van der Waals surface area contributed by atoms with Crippen molar-refractivity contribution in [1.29, 1.82) is 0 Å². The van der Waals surface area contributed by atoms with E-state index in [2.05, 4.69) is 26.2 Å². The van der Waals surface area contributed by atoms with Crippen molar-refractivity contribution in [3.8, 4) is 11.1 Å². The third-order valence-corrected chi connectivity index (χ3v) is 5.95. The third kappa shape index (κ3) is 3.90. The summed E-state index contributed by atoms with van der Waals surface area (Å²) in [6.07, 6.45) is 0.627. The van der Waals surface area contributed by atoms with Gasteiger partial charge in [0.25, 0.3) is 5.91 Å². The quantitative estimate of drug-likeness (QED) is 0.356. The maximum Gasteiger partial charge on any atom is 0.251 e. The lowest BCUT2D eigenvalue weighted by Crippen LogP contribution is -2.26. The summed E-state index contributed by atoms with van der Waals surface area (Å²) in [5, 5.41) is 3.94. The molecule has 3 aromatic carbocycles. The molecule has 1 amide bonds. The summed E-state index contributed by atoms with van der Waals surface area (Å²) >= 11 is 3.45. The normalized spacial score (nSPS) is 11.1. The Morgan fingerprint density at radius 3 is 2.53 bits per heavy atom. The number of benzene rings is 3. The van der Waals surface area contributed by atoms with E-state index in [0.29, 0.717) is 24.0 Å². The molecule has 5 heteroatoms. The van der Waals surface area contributed by atoms with E-state index in [1.807, 2.05) is 62.4 Å². The van der Waals surface area contributed by atoms with E-state index in [1.54, 1.807) is 6.07 Å². The van der Waals surface area contributed by atoms with Gasteiger partial charge < -0.3 is 10.3 Å². The number of H-pyrrole nitrogens is 1. The maximum atomic E-state index is 14.2. The fraction of sp³-hybridized carbons (Fsp3) is 0.160. The van der Waals surface area contributed by atoms with E-state index >= 15 is 0 Å². The second-order valence-electron chi connectivity index (χ2n) is 7.40. The van der Waals surface area contributed by atoms with Crippen LogP contribution in [0.25, 0.3) is 22.0 Å². The lowest BCUT2D eigenvalue weighted by Gasteiger charge is -2.11. The zero-order valence-electron chi connectivity index (χ0n) is 16.9. The molecule has 1 aromatic heterocycles. The van der Waals surface area contributed by atoms with Gasteiger partial charge in [0.2, 0.25) is 0 Å². The van der Waals surface area contributed by atoms with Gasteiger partial charge in [-0.25, -0.2) is 4.39 Å². The van der Waals surface area contributed by atoms with E-state index in [-0.39, 0.29) is 11.7 Å². The van der Waals surface area contributed by atoms with E-state index < -0.39 is 0 Å². The number of fused-ring (bicyclic) bond motifs is 1. The Hall–Kier alpha value is -2.92. The monoisotopic (exact) mass is 464 g/mol. The molecule has 0 aliphatic heterocycles. The van der Waals surface area contributed by atoms with Crippen LogP contribution in [0.3, 0.4) is 0 Å². The number of halogens is 2. The molecule has 4 rings (SSSR count). The Morgan fingerprint density at radius 2 is 1.77 bits per heavy atom. The van der Waals surface area contributed by atoms with Gasteiger partial charge in [-0.05, 0) is 66.8 Å². The van der Waals surface area contributed by atoms with Gasteiger partial charge in [0.1, 0.15) is 5.82 Å². The predicted molar refractivity (Wildman–Crippen MR) is 123 cm³/mol. The van der Waals surface area contributed by atoms with Crippen LogP contribution in [0.5, 0.6) is 0 Å². The Morgan fingerprint density at radius 1 is 1.03 bits per heavy atom. The molecule has 3 nitrogen and oxygen atoms in total. The fourth-order valence-corrected chi connectivity index (χ4v) is 4.18. The van der Waals surface area contributed by atoms with Crippen molar-refractivity contribution in [3.05, 3.63) is 93.3 Å². The second kappa shape index (κ2) is 8.44. The highest BCUT2D eigenvalue weighted by Crippen LogP contribution is 2.28. The molecular weight excluding hydrogens is 443 g/mol. The Bertz CT molecular complexity index is 1230. The summed E-state index contributed by atoms with van der Waals surface area (Å²) in [6.45, 7) is 4.39. The molecule has 2 N–H and O–H groups in total. The summed E-state index contributed by atoms with van der Waals surface area (Å²) in [5.41, 5.74) is 6.06. The molecule has 0 saturated carbocycles. The standard InChI is InChI=1S/C25H22BrFN2O/c1-15-7-12-22(27)24-23(15)19(16(2)29-24)13-14-28-25(30)21-6-4-3-5-20(21)17-8-10-18(26)11-9-17/h3-12,29H,13-14H2,1-2H3,(H,28,30). The second-order valence-corrected chi connectivity index (χ2v) is 8.32. The molecule has 0 atom stereocenters. The number of amides is 1. The first-order valence-corrected chi connectivity index (χ1v) is 10.6. The van der Waals surface area contributed by atoms with Crippen molar-refractivity contribution < 1.29 is 9.18 Å². The number of aryl methyl sites for hydroxylation is 2. The van der Waals surface area contributed by atoms with Gasteiger partial charge in [0.15, 0.2) is 0 Å². The molecule has 152 valence electrons. The van der Waals surface area contributed by atoms with Crippen LogP contribution in [0, 0.1) is 19.7 Å². The first kappa shape index (κ1) is 20.4. The largest absolute Gasteiger partial charge is 0.356 e. The highest BCUT2D eigenvalue weighted by molar-refractivity contribution is 9.10. The fourth-order valence-electron chi connectivity index (χ4n) is 3.91. The molecular formula is C25H22BrFN2O. The maximum absolute atomic E-state index is 14.2. The van der Waals surface area contributed by atoms with Gasteiger partial charge in [0, 0.05) is 27.7 Å². The number of carbonyl (C=O) groups excluding carboxylic acids is 1. The first-order chi connectivity index (χ1) is 14.5. The SMILES string of the molecule is Cc1[nH]c2c(F)ccc(C)c2c1CCNC(=O)c1ccccc1-c1ccc(Br)cc1. The molecule has 1 heterocycles. The van der Waals surface area contributed by atoms with Crippen LogP contribution in [0.15, 0.2) is 65.1 Å². The number of rotatable bonds is 5. The Kier molecular flexibility index (Phi) is 5.73. The highest BCUT2D eigenvalue weighted by atomic mass is 79.9. The summed E-state index contributed by atoms with van der Waals surface area (Å²) in [6, 6.07) is 18.8. The molecule has 0 spiro atoms. The van der Waals surface area contributed by atoms with Gasteiger partial charge in [-0.1, -0.05) is 52.3 Å². The molecule has 0 radical (unpaired) electrons. The van der Waals surface area contributed by atoms with Crippen LogP contribution >= 0.6 is 15.9 Å². The average Bonchev–Trinajstić information content (AvgIpc) is 3.09. The lowest BCUT2D eigenvalue weighted by molar-refractivity contribution is 0.0955. The van der Waals surface area contributed by atoms with Crippen LogP contribution in [-0.2, 0) is 6.42 Å². The topological polar surface area (TPSA) is 44.9 Å². The van der Waals surface area contributed by atoms with Crippen LogP contribution in [0.4, 0.5) is 4.39 Å². The summed E-state index contributed by atoms with van der Waals surface area (Å²) in [4.78, 5) is 16.1. The van der Waals surface area contributed by atoms with Crippen LogP contribution < -0.4 is 5.32 Å². The van der Waals surface area contributed by atoms with Crippen molar-refractivity contribution in [2.45, 2.75) is 20.3 Å². The summed E-state index contributed by atoms with van der Waals surface area (Å²) in [7, 11) is 0. The number of hydrogen-bond acceptors (Lipinski definition) is 1.